The van der Waals surface area contributed by atoms with Gasteiger partial charge in [0, 0.05) is 30.8 Å². The molecule has 2 aromatic carbocycles. The van der Waals surface area contributed by atoms with Gasteiger partial charge in [-0.2, -0.15) is 13.2 Å². The second-order valence-electron chi connectivity index (χ2n) is 7.88. The van der Waals surface area contributed by atoms with Crippen molar-refractivity contribution < 1.29 is 22.8 Å². The quantitative estimate of drug-likeness (QED) is 0.527. The number of thiophene rings is 1. The molecule has 1 aromatic heterocycles. The molecule has 0 bridgehead atoms. The predicted molar refractivity (Wildman–Crippen MR) is 121 cm³/mol. The third-order valence-corrected chi connectivity index (χ3v) is 6.76. The summed E-state index contributed by atoms with van der Waals surface area (Å²) in [7, 11) is 0. The summed E-state index contributed by atoms with van der Waals surface area (Å²) in [5.74, 6) is -0.601. The Kier molecular flexibility index (Phi) is 6.83. The standard InChI is InChI=1S/C25H23F3N2O2S/c26-25(27,28)20-9-5-4-8-18(20)16-29-22(31)10-11-23(32)30-14-12-21-19(13-15-33-21)24(30)17-6-2-1-3-7-17/h1-9,13,15,24H,10-12,14,16H2,(H,29,31). The van der Waals surface area contributed by atoms with Crippen LogP contribution < -0.4 is 5.32 Å². The summed E-state index contributed by atoms with van der Waals surface area (Å²) in [5, 5.41) is 4.54. The Morgan fingerprint density at radius 2 is 1.73 bits per heavy atom. The molecule has 1 unspecified atom stereocenters. The zero-order valence-corrected chi connectivity index (χ0v) is 18.6. The van der Waals surface area contributed by atoms with Crippen molar-refractivity contribution in [1.29, 1.82) is 0 Å². The van der Waals surface area contributed by atoms with Crippen LogP contribution in [-0.2, 0) is 28.7 Å². The fraction of sp³-hybridized carbons (Fsp3) is 0.280. The molecule has 0 aliphatic carbocycles. The van der Waals surface area contributed by atoms with Gasteiger partial charge in [-0.25, -0.2) is 0 Å². The predicted octanol–water partition coefficient (Wildman–Crippen LogP) is 5.34. The lowest BCUT2D eigenvalue weighted by Gasteiger charge is -2.36. The van der Waals surface area contributed by atoms with Crippen LogP contribution in [0.2, 0.25) is 0 Å². The third-order valence-electron chi connectivity index (χ3n) is 5.77. The van der Waals surface area contributed by atoms with Crippen molar-refractivity contribution in [1.82, 2.24) is 10.2 Å². The number of hydrogen-bond acceptors (Lipinski definition) is 3. The monoisotopic (exact) mass is 472 g/mol. The largest absolute Gasteiger partial charge is 0.416 e. The molecule has 0 saturated carbocycles. The van der Waals surface area contributed by atoms with Crippen LogP contribution in [0.15, 0.2) is 66.0 Å². The molecule has 0 spiro atoms. The number of carbonyl (C=O) groups excluding carboxylic acids is 2. The van der Waals surface area contributed by atoms with E-state index in [1.54, 1.807) is 16.2 Å². The van der Waals surface area contributed by atoms with Crippen molar-refractivity contribution in [2.24, 2.45) is 0 Å². The van der Waals surface area contributed by atoms with E-state index >= 15 is 0 Å². The Morgan fingerprint density at radius 3 is 2.48 bits per heavy atom. The molecule has 1 aliphatic heterocycles. The average Bonchev–Trinajstić information content (AvgIpc) is 3.29. The number of amides is 2. The molecule has 4 rings (SSSR count). The van der Waals surface area contributed by atoms with E-state index in [9.17, 15) is 22.8 Å². The Hall–Kier alpha value is -3.13. The first kappa shape index (κ1) is 23.0. The molecule has 0 radical (unpaired) electrons. The van der Waals surface area contributed by atoms with Crippen LogP contribution >= 0.6 is 11.3 Å². The highest BCUT2D eigenvalue weighted by molar-refractivity contribution is 7.10. The van der Waals surface area contributed by atoms with Gasteiger partial charge < -0.3 is 10.2 Å². The minimum Gasteiger partial charge on any atom is -0.352 e. The number of benzene rings is 2. The molecule has 1 atom stereocenters. The summed E-state index contributed by atoms with van der Waals surface area (Å²) in [6, 6.07) is 16.8. The van der Waals surface area contributed by atoms with Crippen LogP contribution in [0.4, 0.5) is 13.2 Å². The molecular weight excluding hydrogens is 449 g/mol. The second-order valence-corrected chi connectivity index (χ2v) is 8.88. The molecule has 33 heavy (non-hydrogen) atoms. The molecule has 1 N–H and O–H groups in total. The summed E-state index contributed by atoms with van der Waals surface area (Å²) < 4.78 is 39.4. The van der Waals surface area contributed by atoms with E-state index in [0.717, 1.165) is 23.6 Å². The summed E-state index contributed by atoms with van der Waals surface area (Å²) in [6.07, 6.45) is -3.81. The number of fused-ring (bicyclic) bond motifs is 1. The molecule has 2 heterocycles. The molecule has 4 nitrogen and oxygen atoms in total. The average molecular weight is 473 g/mol. The maximum Gasteiger partial charge on any atom is 0.416 e. The van der Waals surface area contributed by atoms with Gasteiger partial charge in [-0.3, -0.25) is 9.59 Å². The Labute approximate surface area is 194 Å². The molecule has 0 fully saturated rings. The van der Waals surface area contributed by atoms with Gasteiger partial charge in [0.25, 0.3) is 0 Å². The van der Waals surface area contributed by atoms with Crippen molar-refractivity contribution in [2.75, 3.05) is 6.54 Å². The smallest absolute Gasteiger partial charge is 0.352 e. The van der Waals surface area contributed by atoms with E-state index in [1.807, 2.05) is 41.8 Å². The van der Waals surface area contributed by atoms with Gasteiger partial charge in [-0.05, 0) is 40.6 Å². The van der Waals surface area contributed by atoms with Gasteiger partial charge in [0.05, 0.1) is 11.6 Å². The summed E-state index contributed by atoms with van der Waals surface area (Å²) in [4.78, 5) is 28.5. The van der Waals surface area contributed by atoms with E-state index < -0.39 is 17.6 Å². The first-order valence-corrected chi connectivity index (χ1v) is 11.5. The fourth-order valence-electron chi connectivity index (χ4n) is 4.18. The van der Waals surface area contributed by atoms with E-state index in [4.69, 9.17) is 0 Å². The highest BCUT2D eigenvalue weighted by Crippen LogP contribution is 2.38. The fourth-order valence-corrected chi connectivity index (χ4v) is 5.08. The molecule has 8 heteroatoms. The summed E-state index contributed by atoms with van der Waals surface area (Å²) in [5.41, 5.74) is 1.35. The van der Waals surface area contributed by atoms with Gasteiger partial charge in [0.1, 0.15) is 0 Å². The highest BCUT2D eigenvalue weighted by atomic mass is 32.1. The van der Waals surface area contributed by atoms with Crippen LogP contribution in [0.1, 0.15) is 46.0 Å². The van der Waals surface area contributed by atoms with Crippen LogP contribution in [0, 0.1) is 0 Å². The summed E-state index contributed by atoms with van der Waals surface area (Å²) in [6.45, 7) is 0.323. The maximum absolute atomic E-state index is 13.1. The van der Waals surface area contributed by atoms with Crippen LogP contribution in [0.25, 0.3) is 0 Å². The lowest BCUT2D eigenvalue weighted by molar-refractivity contribution is -0.138. The van der Waals surface area contributed by atoms with Crippen molar-refractivity contribution in [3.8, 4) is 0 Å². The second kappa shape index (κ2) is 9.79. The highest BCUT2D eigenvalue weighted by Gasteiger charge is 2.34. The number of halogens is 3. The van der Waals surface area contributed by atoms with E-state index in [0.29, 0.717) is 6.54 Å². The van der Waals surface area contributed by atoms with Crippen molar-refractivity contribution in [3.63, 3.8) is 0 Å². The topological polar surface area (TPSA) is 49.4 Å². The van der Waals surface area contributed by atoms with Crippen molar-refractivity contribution in [2.45, 2.75) is 38.0 Å². The molecular formula is C25H23F3N2O2S. The molecule has 0 saturated heterocycles. The van der Waals surface area contributed by atoms with Crippen molar-refractivity contribution >= 4 is 23.2 Å². The number of nitrogens with one attached hydrogen (secondary N) is 1. The zero-order valence-electron chi connectivity index (χ0n) is 17.8. The van der Waals surface area contributed by atoms with E-state index in [1.165, 1.54) is 23.1 Å². The number of rotatable bonds is 6. The van der Waals surface area contributed by atoms with Gasteiger partial charge >= 0.3 is 6.18 Å². The molecule has 1 aliphatic rings. The van der Waals surface area contributed by atoms with E-state index in [-0.39, 0.29) is 36.9 Å². The molecule has 2 amide bonds. The van der Waals surface area contributed by atoms with Gasteiger partial charge in [-0.1, -0.05) is 48.5 Å². The first-order chi connectivity index (χ1) is 15.8. The Bertz CT molecular complexity index is 1130. The molecule has 3 aromatic rings. The number of carbonyl (C=O) groups is 2. The molecule has 172 valence electrons. The minimum absolute atomic E-state index is 0.00441. The SMILES string of the molecule is O=C(CCC(=O)N1CCc2sccc2C1c1ccccc1)NCc1ccccc1C(F)(F)F. The van der Waals surface area contributed by atoms with Crippen molar-refractivity contribution in [3.05, 3.63) is 93.2 Å². The summed E-state index contributed by atoms with van der Waals surface area (Å²) >= 11 is 1.68. The van der Waals surface area contributed by atoms with Gasteiger partial charge in [-0.15, -0.1) is 11.3 Å². The number of hydrogen-bond donors (Lipinski definition) is 1. The normalized spacial score (nSPS) is 15.7. The Morgan fingerprint density at radius 1 is 1.00 bits per heavy atom. The lowest BCUT2D eigenvalue weighted by Crippen LogP contribution is -2.40. The zero-order chi connectivity index (χ0) is 23.4. The van der Waals surface area contributed by atoms with Gasteiger partial charge in [0.15, 0.2) is 0 Å². The number of alkyl halides is 3. The third kappa shape index (κ3) is 5.27. The maximum atomic E-state index is 13.1. The van der Waals surface area contributed by atoms with Crippen LogP contribution in [0.5, 0.6) is 0 Å². The number of nitrogens with zero attached hydrogens (tertiary/aromatic N) is 1. The minimum atomic E-state index is -4.49. The van der Waals surface area contributed by atoms with E-state index in [2.05, 4.69) is 5.32 Å². The Balaban J connectivity index is 1.39. The van der Waals surface area contributed by atoms with Crippen LogP contribution in [0.3, 0.4) is 0 Å². The van der Waals surface area contributed by atoms with Crippen LogP contribution in [-0.4, -0.2) is 23.3 Å². The lowest BCUT2D eigenvalue weighted by atomic mass is 9.93. The first-order valence-electron chi connectivity index (χ1n) is 10.7. The van der Waals surface area contributed by atoms with Gasteiger partial charge in [0.2, 0.25) is 11.8 Å².